The molecule has 1 heterocycles. The number of aldehydes is 1. The van der Waals surface area contributed by atoms with E-state index in [1.54, 1.807) is 6.92 Å². The number of allylic oxidation sites excluding steroid dienone is 2. The number of aliphatic imine (C=N–C) groups is 1. The van der Waals surface area contributed by atoms with Crippen LogP contribution in [0.5, 0.6) is 0 Å². The van der Waals surface area contributed by atoms with Crippen molar-refractivity contribution >= 4 is 35.2 Å². The first-order valence-corrected chi connectivity index (χ1v) is 8.99. The van der Waals surface area contributed by atoms with Gasteiger partial charge in [-0.25, -0.2) is 0 Å². The molecule has 2 N–H and O–H groups in total. The fourth-order valence-corrected chi connectivity index (χ4v) is 2.54. The van der Waals surface area contributed by atoms with Crippen LogP contribution in [0.25, 0.3) is 5.57 Å². The molecule has 1 aliphatic rings. The molecule has 7 heteroatoms. The number of aliphatic hydroxyl groups excluding tert-OH is 1. The third-order valence-corrected chi connectivity index (χ3v) is 4.05. The normalized spacial score (nSPS) is 16.0. The first-order chi connectivity index (χ1) is 13.0. The molecule has 1 atom stereocenters. The fraction of sp³-hybridized carbons (Fsp3) is 0.350. The molecule has 0 spiro atoms. The highest BCUT2D eigenvalue weighted by Gasteiger charge is 2.14. The zero-order chi connectivity index (χ0) is 20.2. The van der Waals surface area contributed by atoms with Gasteiger partial charge in [-0.15, -0.1) is 0 Å². The first kappa shape index (κ1) is 22.6. The minimum absolute atomic E-state index is 0.192. The van der Waals surface area contributed by atoms with E-state index in [1.165, 1.54) is 0 Å². The SMILES string of the molecule is CC(N=C1C=CCC(c2ccc(Cl)cc2)=CN1C)C(=O)NCCC=O.CO. The van der Waals surface area contributed by atoms with Gasteiger partial charge in [0.25, 0.3) is 0 Å². The summed E-state index contributed by atoms with van der Waals surface area (Å²) < 4.78 is 0. The number of rotatable bonds is 6. The summed E-state index contributed by atoms with van der Waals surface area (Å²) in [5.74, 6) is 0.518. The number of nitrogens with one attached hydrogen (secondary N) is 1. The van der Waals surface area contributed by atoms with Crippen molar-refractivity contribution in [2.24, 2.45) is 4.99 Å². The molecule has 1 aromatic carbocycles. The maximum Gasteiger partial charge on any atom is 0.244 e. The summed E-state index contributed by atoms with van der Waals surface area (Å²) in [5.41, 5.74) is 2.24. The second kappa shape index (κ2) is 12.0. The Morgan fingerprint density at radius 3 is 2.67 bits per heavy atom. The monoisotopic (exact) mass is 391 g/mol. The smallest absolute Gasteiger partial charge is 0.244 e. The summed E-state index contributed by atoms with van der Waals surface area (Å²) in [6, 6.07) is 7.18. The molecule has 0 aliphatic carbocycles. The number of nitrogens with zero attached hydrogens (tertiary/aromatic N) is 2. The predicted molar refractivity (Wildman–Crippen MR) is 110 cm³/mol. The Balaban J connectivity index is 0.00000176. The highest BCUT2D eigenvalue weighted by Crippen LogP contribution is 2.23. The Labute approximate surface area is 165 Å². The van der Waals surface area contributed by atoms with Crippen LogP contribution in [0.1, 0.15) is 25.3 Å². The zero-order valence-electron chi connectivity index (χ0n) is 15.9. The molecule has 1 amide bonds. The van der Waals surface area contributed by atoms with E-state index in [4.69, 9.17) is 16.7 Å². The van der Waals surface area contributed by atoms with E-state index in [-0.39, 0.29) is 5.91 Å². The van der Waals surface area contributed by atoms with E-state index in [0.29, 0.717) is 23.8 Å². The highest BCUT2D eigenvalue weighted by molar-refractivity contribution is 6.30. The number of amides is 1. The minimum atomic E-state index is -0.528. The van der Waals surface area contributed by atoms with Gasteiger partial charge in [0, 0.05) is 38.3 Å². The van der Waals surface area contributed by atoms with Gasteiger partial charge in [-0.3, -0.25) is 9.79 Å². The molecule has 0 bridgehead atoms. The number of benzene rings is 1. The van der Waals surface area contributed by atoms with Gasteiger partial charge < -0.3 is 20.1 Å². The molecule has 1 aliphatic heterocycles. The van der Waals surface area contributed by atoms with Gasteiger partial charge in [0.05, 0.1) is 0 Å². The number of likely N-dealkylation sites (N-methyl/N-ethyl adjacent to an activating group) is 1. The Kier molecular flexibility index (Phi) is 10.1. The molecule has 0 radical (unpaired) electrons. The van der Waals surface area contributed by atoms with Gasteiger partial charge >= 0.3 is 0 Å². The van der Waals surface area contributed by atoms with Crippen LogP contribution in [-0.2, 0) is 9.59 Å². The van der Waals surface area contributed by atoms with Gasteiger partial charge in [-0.05, 0) is 42.7 Å². The summed E-state index contributed by atoms with van der Waals surface area (Å²) in [6.07, 6.45) is 7.81. The molecule has 1 aromatic rings. The molecule has 1 unspecified atom stereocenters. The van der Waals surface area contributed by atoms with Crippen molar-refractivity contribution in [1.29, 1.82) is 0 Å². The number of carbonyl (C=O) groups excluding carboxylic acids is 2. The number of hydrogen-bond acceptors (Lipinski definition) is 4. The third-order valence-electron chi connectivity index (χ3n) is 3.80. The Morgan fingerprint density at radius 1 is 1.37 bits per heavy atom. The number of hydrogen-bond donors (Lipinski definition) is 2. The molecular weight excluding hydrogens is 366 g/mol. The standard InChI is InChI=1S/C19H22ClN3O2.CH4O/c1-14(19(25)21-11-4-12-24)22-18-6-3-5-16(13-23(18)2)15-7-9-17(20)10-8-15;1-2/h3,6-10,12-14H,4-5,11H2,1-2H3,(H,21,25);2H,1H3. The Bertz CT molecular complexity index is 712. The van der Waals surface area contributed by atoms with Gasteiger partial charge in [-0.2, -0.15) is 0 Å². The lowest BCUT2D eigenvalue weighted by Crippen LogP contribution is -2.34. The quantitative estimate of drug-likeness (QED) is 0.577. The van der Waals surface area contributed by atoms with Crippen molar-refractivity contribution in [1.82, 2.24) is 10.2 Å². The van der Waals surface area contributed by atoms with Crippen LogP contribution in [0.2, 0.25) is 5.02 Å². The van der Waals surface area contributed by atoms with Crippen LogP contribution < -0.4 is 5.32 Å². The predicted octanol–water partition coefficient (Wildman–Crippen LogP) is 2.67. The molecule has 6 nitrogen and oxygen atoms in total. The molecular formula is C20H26ClN3O3. The Morgan fingerprint density at radius 2 is 2.04 bits per heavy atom. The van der Waals surface area contributed by atoms with Crippen LogP contribution in [0.4, 0.5) is 0 Å². The van der Waals surface area contributed by atoms with Gasteiger partial charge in [0.1, 0.15) is 18.2 Å². The number of aliphatic hydroxyl groups is 1. The van der Waals surface area contributed by atoms with Gasteiger partial charge in [0.15, 0.2) is 0 Å². The lowest BCUT2D eigenvalue weighted by Gasteiger charge is -2.17. The lowest BCUT2D eigenvalue weighted by atomic mass is 10.0. The molecule has 0 aromatic heterocycles. The summed E-state index contributed by atoms with van der Waals surface area (Å²) in [6.45, 7) is 2.07. The van der Waals surface area contributed by atoms with E-state index in [2.05, 4.69) is 10.3 Å². The minimum Gasteiger partial charge on any atom is -0.400 e. The largest absolute Gasteiger partial charge is 0.400 e. The van der Waals surface area contributed by atoms with Gasteiger partial charge in [-0.1, -0.05) is 29.8 Å². The first-order valence-electron chi connectivity index (χ1n) is 8.61. The summed E-state index contributed by atoms with van der Waals surface area (Å²) >= 11 is 5.95. The highest BCUT2D eigenvalue weighted by atomic mass is 35.5. The van der Waals surface area contributed by atoms with Crippen molar-refractivity contribution in [2.75, 3.05) is 20.7 Å². The second-order valence-electron chi connectivity index (χ2n) is 5.79. The number of amidine groups is 1. The van der Waals surface area contributed by atoms with E-state index in [9.17, 15) is 9.59 Å². The molecule has 0 saturated heterocycles. The molecule has 27 heavy (non-hydrogen) atoms. The molecule has 2 rings (SSSR count). The fourth-order valence-electron chi connectivity index (χ4n) is 2.41. The average Bonchev–Trinajstić information content (AvgIpc) is 2.86. The van der Waals surface area contributed by atoms with Crippen LogP contribution in [-0.4, -0.2) is 54.8 Å². The lowest BCUT2D eigenvalue weighted by molar-refractivity contribution is -0.121. The van der Waals surface area contributed by atoms with Crippen LogP contribution in [0.3, 0.4) is 0 Å². The topological polar surface area (TPSA) is 82.0 Å². The molecule has 0 saturated carbocycles. The van der Waals surface area contributed by atoms with Crippen LogP contribution >= 0.6 is 11.6 Å². The second-order valence-corrected chi connectivity index (χ2v) is 6.22. The zero-order valence-corrected chi connectivity index (χ0v) is 16.6. The third kappa shape index (κ3) is 7.37. The van der Waals surface area contributed by atoms with Crippen molar-refractivity contribution < 1.29 is 14.7 Å². The van der Waals surface area contributed by atoms with Crippen molar-refractivity contribution in [3.05, 3.63) is 53.2 Å². The number of halogens is 1. The van der Waals surface area contributed by atoms with E-state index >= 15 is 0 Å². The van der Waals surface area contributed by atoms with E-state index < -0.39 is 6.04 Å². The molecule has 0 fully saturated rings. The molecule has 146 valence electrons. The van der Waals surface area contributed by atoms with Crippen molar-refractivity contribution in [3.63, 3.8) is 0 Å². The van der Waals surface area contributed by atoms with E-state index in [0.717, 1.165) is 31.0 Å². The Hall–Kier alpha value is -2.44. The summed E-state index contributed by atoms with van der Waals surface area (Å²) in [7, 11) is 2.90. The maximum atomic E-state index is 12.0. The van der Waals surface area contributed by atoms with Gasteiger partial charge in [0.2, 0.25) is 5.91 Å². The number of carbonyl (C=O) groups is 2. The van der Waals surface area contributed by atoms with E-state index in [1.807, 2.05) is 54.6 Å². The van der Waals surface area contributed by atoms with Crippen LogP contribution in [0, 0.1) is 0 Å². The van der Waals surface area contributed by atoms with Crippen molar-refractivity contribution in [3.8, 4) is 0 Å². The maximum absolute atomic E-state index is 12.0. The van der Waals surface area contributed by atoms with Crippen molar-refractivity contribution in [2.45, 2.75) is 25.8 Å². The van der Waals surface area contributed by atoms with Crippen LogP contribution in [0.15, 0.2) is 47.6 Å². The summed E-state index contributed by atoms with van der Waals surface area (Å²) in [4.78, 5) is 28.7. The average molecular weight is 392 g/mol. The summed E-state index contributed by atoms with van der Waals surface area (Å²) in [5, 5.41) is 10.4.